The molecule has 2 atom stereocenters. The van der Waals surface area contributed by atoms with Gasteiger partial charge in [-0.2, -0.15) is 0 Å². The van der Waals surface area contributed by atoms with Gasteiger partial charge in [-0.15, -0.1) is 0 Å². The number of hydrogen-bond acceptors (Lipinski definition) is 2. The van der Waals surface area contributed by atoms with Crippen molar-refractivity contribution in [3.63, 3.8) is 0 Å². The molecule has 1 heterocycles. The summed E-state index contributed by atoms with van der Waals surface area (Å²) in [5.41, 5.74) is 1.18. The van der Waals surface area contributed by atoms with Crippen molar-refractivity contribution in [3.05, 3.63) is 42.8 Å². The van der Waals surface area contributed by atoms with Gasteiger partial charge in [0.2, 0.25) is 0 Å². The summed E-state index contributed by atoms with van der Waals surface area (Å²) in [4.78, 5) is 0. The summed E-state index contributed by atoms with van der Waals surface area (Å²) in [6.45, 7) is 4.10. The van der Waals surface area contributed by atoms with Crippen LogP contribution in [0.1, 0.15) is 43.8 Å². The maximum Gasteiger partial charge on any atom is 0.169 e. The van der Waals surface area contributed by atoms with Crippen LogP contribution in [-0.4, -0.2) is 11.9 Å². The van der Waals surface area contributed by atoms with E-state index in [0.29, 0.717) is 0 Å². The van der Waals surface area contributed by atoms with Crippen LogP contribution in [0.4, 0.5) is 0 Å². The van der Waals surface area contributed by atoms with Gasteiger partial charge in [-0.25, -0.2) is 0 Å². The topological polar surface area (TPSA) is 18.5 Å². The standard InChI is InChI=1S/C15H19O2/c1-12-14(13-8-4-2-5-9-13)17-15(16-12)10-6-3-7-11-15/h2,4-5,8-9,12,14H,1,3,6-7,10-11H2/t12-,14+/m1/s1. The lowest BCUT2D eigenvalue weighted by Gasteiger charge is -2.31. The van der Waals surface area contributed by atoms with Crippen molar-refractivity contribution in [2.45, 2.75) is 50.1 Å². The summed E-state index contributed by atoms with van der Waals surface area (Å²) in [6, 6.07) is 10.3. The molecule has 0 unspecified atom stereocenters. The molecule has 1 aromatic rings. The predicted octanol–water partition coefficient (Wildman–Crippen LogP) is 3.64. The molecular weight excluding hydrogens is 212 g/mol. The molecule has 0 amide bonds. The first-order valence-electron chi connectivity index (χ1n) is 6.53. The molecule has 1 aliphatic heterocycles. The van der Waals surface area contributed by atoms with Crippen molar-refractivity contribution in [2.75, 3.05) is 0 Å². The van der Waals surface area contributed by atoms with Gasteiger partial charge in [0, 0.05) is 12.8 Å². The van der Waals surface area contributed by atoms with E-state index in [2.05, 4.69) is 19.1 Å². The first-order chi connectivity index (χ1) is 8.29. The van der Waals surface area contributed by atoms with Gasteiger partial charge in [0.25, 0.3) is 0 Å². The Kier molecular flexibility index (Phi) is 2.93. The van der Waals surface area contributed by atoms with Crippen molar-refractivity contribution in [1.29, 1.82) is 0 Å². The Bertz CT molecular complexity index is 368. The van der Waals surface area contributed by atoms with Gasteiger partial charge in [-0.3, -0.25) is 0 Å². The molecule has 1 radical (unpaired) electrons. The second kappa shape index (κ2) is 4.43. The third kappa shape index (κ3) is 2.12. The lowest BCUT2D eigenvalue weighted by Crippen LogP contribution is -2.33. The number of hydrogen-bond donors (Lipinski definition) is 0. The van der Waals surface area contributed by atoms with E-state index < -0.39 is 0 Å². The van der Waals surface area contributed by atoms with Gasteiger partial charge in [-0.1, -0.05) is 36.8 Å². The molecule has 2 fully saturated rings. The SMILES string of the molecule is [CH2][C@H]1OC2(CCCCC2)O[C@@H]1c1ccccc1. The van der Waals surface area contributed by atoms with Crippen LogP contribution in [0.25, 0.3) is 0 Å². The molecule has 1 aliphatic carbocycles. The maximum atomic E-state index is 6.20. The first-order valence-corrected chi connectivity index (χ1v) is 6.53. The molecule has 2 heteroatoms. The fourth-order valence-electron chi connectivity index (χ4n) is 2.92. The zero-order chi connectivity index (χ0) is 11.7. The molecule has 1 saturated heterocycles. The molecule has 3 rings (SSSR count). The van der Waals surface area contributed by atoms with Crippen LogP contribution in [0, 0.1) is 6.92 Å². The van der Waals surface area contributed by atoms with Gasteiger partial charge in [-0.05, 0) is 25.3 Å². The van der Waals surface area contributed by atoms with Crippen molar-refractivity contribution in [2.24, 2.45) is 0 Å². The third-order valence-electron chi connectivity index (χ3n) is 3.79. The second-order valence-electron chi connectivity index (χ2n) is 5.08. The number of benzene rings is 1. The summed E-state index contributed by atoms with van der Waals surface area (Å²) in [5, 5.41) is 0. The fourth-order valence-corrected chi connectivity index (χ4v) is 2.92. The van der Waals surface area contributed by atoms with Crippen molar-refractivity contribution in [3.8, 4) is 0 Å². The lowest BCUT2D eigenvalue weighted by atomic mass is 9.94. The summed E-state index contributed by atoms with van der Waals surface area (Å²) in [7, 11) is 0. The lowest BCUT2D eigenvalue weighted by molar-refractivity contribution is -0.192. The summed E-state index contributed by atoms with van der Waals surface area (Å²) in [6.07, 6.45) is 5.64. The highest BCUT2D eigenvalue weighted by Gasteiger charge is 2.46. The Balaban J connectivity index is 1.80. The van der Waals surface area contributed by atoms with Crippen LogP contribution < -0.4 is 0 Å². The molecule has 2 aliphatic rings. The quantitative estimate of drug-likeness (QED) is 0.734. The monoisotopic (exact) mass is 231 g/mol. The Morgan fingerprint density at radius 3 is 2.41 bits per heavy atom. The maximum absolute atomic E-state index is 6.20. The predicted molar refractivity (Wildman–Crippen MR) is 66.3 cm³/mol. The van der Waals surface area contributed by atoms with Gasteiger partial charge in [0.15, 0.2) is 5.79 Å². The highest BCUT2D eigenvalue weighted by atomic mass is 16.8. The van der Waals surface area contributed by atoms with E-state index in [-0.39, 0.29) is 18.0 Å². The summed E-state index contributed by atoms with van der Waals surface area (Å²) >= 11 is 0. The molecule has 17 heavy (non-hydrogen) atoms. The van der Waals surface area contributed by atoms with Crippen LogP contribution in [0.2, 0.25) is 0 Å². The average Bonchev–Trinajstić information content (AvgIpc) is 2.68. The molecule has 1 saturated carbocycles. The van der Waals surface area contributed by atoms with Crippen LogP contribution in [0.15, 0.2) is 30.3 Å². The molecular formula is C15H19O2. The van der Waals surface area contributed by atoms with E-state index in [1.54, 1.807) is 0 Å². The minimum atomic E-state index is -0.342. The molecule has 1 aromatic carbocycles. The smallest absolute Gasteiger partial charge is 0.169 e. The van der Waals surface area contributed by atoms with E-state index in [1.165, 1.54) is 24.8 Å². The van der Waals surface area contributed by atoms with E-state index in [1.807, 2.05) is 18.2 Å². The second-order valence-corrected chi connectivity index (χ2v) is 5.08. The molecule has 0 N–H and O–H groups in total. The Labute approximate surface area is 103 Å². The van der Waals surface area contributed by atoms with Crippen molar-refractivity contribution >= 4 is 0 Å². The molecule has 0 bridgehead atoms. The normalized spacial score (nSPS) is 31.8. The molecule has 1 spiro atoms. The van der Waals surface area contributed by atoms with Gasteiger partial charge in [0.05, 0.1) is 6.10 Å². The minimum Gasteiger partial charge on any atom is -0.344 e. The van der Waals surface area contributed by atoms with Crippen LogP contribution in [0.5, 0.6) is 0 Å². The summed E-state index contributed by atoms with van der Waals surface area (Å²) in [5.74, 6) is -0.342. The molecule has 2 nitrogen and oxygen atoms in total. The zero-order valence-electron chi connectivity index (χ0n) is 10.1. The molecule has 91 valence electrons. The van der Waals surface area contributed by atoms with E-state index in [4.69, 9.17) is 9.47 Å². The highest BCUT2D eigenvalue weighted by Crippen LogP contribution is 2.45. The van der Waals surface area contributed by atoms with Gasteiger partial charge >= 0.3 is 0 Å². The Hall–Kier alpha value is -0.860. The van der Waals surface area contributed by atoms with Crippen molar-refractivity contribution < 1.29 is 9.47 Å². The van der Waals surface area contributed by atoms with Crippen LogP contribution in [0.3, 0.4) is 0 Å². The fraction of sp³-hybridized carbons (Fsp3) is 0.533. The van der Waals surface area contributed by atoms with Crippen molar-refractivity contribution in [1.82, 2.24) is 0 Å². The van der Waals surface area contributed by atoms with E-state index in [9.17, 15) is 0 Å². The van der Waals surface area contributed by atoms with Gasteiger partial charge < -0.3 is 9.47 Å². The third-order valence-corrected chi connectivity index (χ3v) is 3.79. The largest absolute Gasteiger partial charge is 0.344 e. The Morgan fingerprint density at radius 1 is 1.00 bits per heavy atom. The van der Waals surface area contributed by atoms with Crippen LogP contribution >= 0.6 is 0 Å². The Morgan fingerprint density at radius 2 is 1.71 bits per heavy atom. The zero-order valence-corrected chi connectivity index (χ0v) is 10.1. The number of ether oxygens (including phenoxy) is 2. The highest BCUT2D eigenvalue weighted by molar-refractivity contribution is 5.20. The minimum absolute atomic E-state index is 0.00528. The van der Waals surface area contributed by atoms with Crippen LogP contribution in [-0.2, 0) is 9.47 Å². The summed E-state index contributed by atoms with van der Waals surface area (Å²) < 4.78 is 12.2. The van der Waals surface area contributed by atoms with Gasteiger partial charge in [0.1, 0.15) is 6.10 Å². The van der Waals surface area contributed by atoms with E-state index in [0.717, 1.165) is 12.8 Å². The first kappa shape index (κ1) is 11.2. The molecule has 0 aromatic heterocycles. The average molecular weight is 231 g/mol. The van der Waals surface area contributed by atoms with E-state index >= 15 is 0 Å². The number of rotatable bonds is 1.